The zero-order valence-electron chi connectivity index (χ0n) is 9.27. The molecule has 1 N–H and O–H groups in total. The highest BCUT2D eigenvalue weighted by molar-refractivity contribution is 5.80. The van der Waals surface area contributed by atoms with E-state index in [1.807, 2.05) is 0 Å². The molecule has 0 unspecified atom stereocenters. The summed E-state index contributed by atoms with van der Waals surface area (Å²) >= 11 is 0. The average Bonchev–Trinajstić information content (AvgIpc) is 3.10. The summed E-state index contributed by atoms with van der Waals surface area (Å²) in [7, 11) is 1.40. The third-order valence-electron chi connectivity index (χ3n) is 2.96. The number of aldehydes is 1. The molecular formula is C12H11NO4. The normalized spacial score (nSPS) is 15.8. The molecular weight excluding hydrogens is 222 g/mol. The fraction of sp³-hybridized carbons (Fsp3) is 0.333. The number of ether oxygens (including phenoxy) is 1. The number of hydrogen-bond acceptors (Lipinski definition) is 5. The van der Waals surface area contributed by atoms with Crippen molar-refractivity contribution in [1.82, 2.24) is 0 Å². The first-order chi connectivity index (χ1) is 8.16. The highest BCUT2D eigenvalue weighted by Crippen LogP contribution is 2.51. The Morgan fingerprint density at radius 2 is 2.24 bits per heavy atom. The molecule has 5 heteroatoms. The van der Waals surface area contributed by atoms with E-state index in [4.69, 9.17) is 4.74 Å². The lowest BCUT2D eigenvalue weighted by Crippen LogP contribution is -2.07. The predicted octanol–water partition coefficient (Wildman–Crippen LogP) is 1.54. The van der Waals surface area contributed by atoms with Crippen molar-refractivity contribution in [2.75, 3.05) is 7.11 Å². The van der Waals surface area contributed by atoms with Crippen molar-refractivity contribution in [1.29, 1.82) is 0 Å². The summed E-state index contributed by atoms with van der Waals surface area (Å²) in [5, 5.41) is 9.69. The maximum atomic E-state index is 11.0. The van der Waals surface area contributed by atoms with Gasteiger partial charge in [-0.15, -0.1) is 0 Å². The highest BCUT2D eigenvalue weighted by atomic mass is 16.5. The Kier molecular flexibility index (Phi) is 2.69. The van der Waals surface area contributed by atoms with E-state index in [1.165, 1.54) is 25.3 Å². The molecule has 88 valence electrons. The van der Waals surface area contributed by atoms with E-state index in [0.717, 1.165) is 0 Å². The molecule has 0 bridgehead atoms. The van der Waals surface area contributed by atoms with Crippen molar-refractivity contribution in [3.8, 4) is 11.5 Å². The van der Waals surface area contributed by atoms with Crippen molar-refractivity contribution in [2.45, 2.75) is 18.4 Å². The molecule has 1 fully saturated rings. The molecule has 1 saturated carbocycles. The fourth-order valence-corrected chi connectivity index (χ4v) is 1.90. The van der Waals surface area contributed by atoms with E-state index in [9.17, 15) is 14.7 Å². The number of hydrogen-bond donors (Lipinski definition) is 1. The van der Waals surface area contributed by atoms with Crippen LogP contribution in [0.4, 0.5) is 0 Å². The van der Waals surface area contributed by atoms with Crippen molar-refractivity contribution < 1.29 is 19.4 Å². The molecule has 5 nitrogen and oxygen atoms in total. The molecule has 0 amide bonds. The molecule has 1 aromatic rings. The molecule has 0 aromatic heterocycles. The largest absolute Gasteiger partial charge is 0.504 e. The third-order valence-corrected chi connectivity index (χ3v) is 2.96. The van der Waals surface area contributed by atoms with Gasteiger partial charge in [0.05, 0.1) is 12.6 Å². The number of phenolic OH excluding ortho intramolecular Hbond substituents is 1. The second-order valence-corrected chi connectivity index (χ2v) is 3.96. The lowest BCUT2D eigenvalue weighted by molar-refractivity contribution is 0.112. The highest BCUT2D eigenvalue weighted by Gasteiger charge is 2.46. The van der Waals surface area contributed by atoms with Crippen LogP contribution in [0.1, 0.15) is 28.8 Å². The molecule has 1 aromatic carbocycles. The van der Waals surface area contributed by atoms with Gasteiger partial charge in [-0.2, -0.15) is 4.99 Å². The topological polar surface area (TPSA) is 76.0 Å². The number of aromatic hydroxyl groups is 1. The Bertz CT molecular complexity index is 513. The second kappa shape index (κ2) is 4.03. The van der Waals surface area contributed by atoms with Crippen molar-refractivity contribution in [3.05, 3.63) is 23.3 Å². The van der Waals surface area contributed by atoms with E-state index in [1.54, 1.807) is 0 Å². The van der Waals surface area contributed by atoms with Gasteiger partial charge in [-0.25, -0.2) is 4.79 Å². The summed E-state index contributed by atoms with van der Waals surface area (Å²) < 4.78 is 4.92. The van der Waals surface area contributed by atoms with Crippen LogP contribution in [-0.4, -0.2) is 24.6 Å². The number of nitrogens with zero attached hydrogens (tertiary/aromatic N) is 1. The number of phenols is 1. The lowest BCUT2D eigenvalue weighted by atomic mass is 9.98. The Labute approximate surface area is 97.7 Å². The molecule has 0 heterocycles. The van der Waals surface area contributed by atoms with Gasteiger partial charge in [0.25, 0.3) is 0 Å². The third kappa shape index (κ3) is 1.81. The summed E-state index contributed by atoms with van der Waals surface area (Å²) in [5.74, 6) is 0.155. The average molecular weight is 233 g/mol. The summed E-state index contributed by atoms with van der Waals surface area (Å²) in [6.45, 7) is 0. The smallest absolute Gasteiger partial charge is 0.235 e. The van der Waals surface area contributed by atoms with Crippen LogP contribution in [0.25, 0.3) is 0 Å². The molecule has 0 atom stereocenters. The lowest BCUT2D eigenvalue weighted by Gasteiger charge is -2.13. The molecule has 17 heavy (non-hydrogen) atoms. The molecule has 0 aliphatic heterocycles. The van der Waals surface area contributed by atoms with E-state index in [2.05, 4.69) is 4.99 Å². The number of aliphatic imine (C=N–C) groups is 1. The quantitative estimate of drug-likeness (QED) is 0.486. The van der Waals surface area contributed by atoms with E-state index < -0.39 is 5.54 Å². The first kappa shape index (κ1) is 11.4. The Balaban J connectivity index is 2.58. The monoisotopic (exact) mass is 233 g/mol. The first-order valence-corrected chi connectivity index (χ1v) is 5.12. The Morgan fingerprint density at radius 3 is 2.71 bits per heavy atom. The van der Waals surface area contributed by atoms with Gasteiger partial charge >= 0.3 is 0 Å². The molecule has 0 saturated heterocycles. The molecule has 1 aliphatic rings. The molecule has 2 rings (SSSR count). The van der Waals surface area contributed by atoms with Gasteiger partial charge in [0.1, 0.15) is 0 Å². The van der Waals surface area contributed by atoms with Gasteiger partial charge in [-0.05, 0) is 30.5 Å². The minimum atomic E-state index is -0.679. The molecule has 1 aliphatic carbocycles. The van der Waals surface area contributed by atoms with Crippen molar-refractivity contribution in [2.24, 2.45) is 4.99 Å². The van der Waals surface area contributed by atoms with Crippen molar-refractivity contribution in [3.63, 3.8) is 0 Å². The van der Waals surface area contributed by atoms with Crippen LogP contribution < -0.4 is 4.74 Å². The van der Waals surface area contributed by atoms with E-state index in [0.29, 0.717) is 30.3 Å². The van der Waals surface area contributed by atoms with Crippen LogP contribution in [0, 0.1) is 0 Å². The van der Waals surface area contributed by atoms with Gasteiger partial charge in [0.2, 0.25) is 6.08 Å². The number of rotatable bonds is 4. The number of isocyanates is 1. The zero-order valence-corrected chi connectivity index (χ0v) is 9.27. The maximum Gasteiger partial charge on any atom is 0.235 e. The number of methoxy groups -OCH3 is 1. The summed E-state index contributed by atoms with van der Waals surface area (Å²) in [6, 6.07) is 2.87. The number of carbonyl (C=O) groups is 1. The molecule has 0 spiro atoms. The van der Waals surface area contributed by atoms with Crippen LogP contribution in [0.3, 0.4) is 0 Å². The Hall–Kier alpha value is -2.13. The van der Waals surface area contributed by atoms with E-state index >= 15 is 0 Å². The minimum absolute atomic E-state index is 0.0690. The molecule has 0 radical (unpaired) electrons. The van der Waals surface area contributed by atoms with Gasteiger partial charge < -0.3 is 9.84 Å². The summed E-state index contributed by atoms with van der Waals surface area (Å²) in [6.07, 6.45) is 3.53. The van der Waals surface area contributed by atoms with Crippen LogP contribution in [0.5, 0.6) is 11.5 Å². The van der Waals surface area contributed by atoms with Gasteiger partial charge in [0.15, 0.2) is 17.8 Å². The van der Waals surface area contributed by atoms with Crippen LogP contribution in [0.2, 0.25) is 0 Å². The van der Waals surface area contributed by atoms with Gasteiger partial charge in [0, 0.05) is 5.56 Å². The van der Waals surface area contributed by atoms with Gasteiger partial charge in [-0.1, -0.05) is 0 Å². The standard InChI is InChI=1S/C12H11NO4/c1-17-11-4-8(6-14)9(5-10(11)16)12(2-3-12)13-7-15/h4-6,16H,2-3H2,1H3. The predicted molar refractivity (Wildman–Crippen MR) is 59.1 cm³/mol. The first-order valence-electron chi connectivity index (χ1n) is 5.12. The maximum absolute atomic E-state index is 11.0. The SMILES string of the molecule is COc1cc(C=O)c(C2(N=C=O)CC2)cc1O. The van der Waals surface area contributed by atoms with Crippen molar-refractivity contribution >= 4 is 12.4 Å². The zero-order chi connectivity index (χ0) is 12.5. The summed E-state index contributed by atoms with van der Waals surface area (Å²) in [4.78, 5) is 25.1. The Morgan fingerprint density at radius 1 is 1.53 bits per heavy atom. The van der Waals surface area contributed by atoms with Crippen LogP contribution in [0.15, 0.2) is 17.1 Å². The van der Waals surface area contributed by atoms with Crippen LogP contribution >= 0.6 is 0 Å². The number of carbonyl (C=O) groups excluding carboxylic acids is 2. The fourth-order valence-electron chi connectivity index (χ4n) is 1.90. The summed E-state index contributed by atoms with van der Waals surface area (Å²) in [5.41, 5.74) is 0.243. The van der Waals surface area contributed by atoms with E-state index in [-0.39, 0.29) is 11.5 Å². The van der Waals surface area contributed by atoms with Crippen LogP contribution in [-0.2, 0) is 10.3 Å². The minimum Gasteiger partial charge on any atom is -0.504 e. The van der Waals surface area contributed by atoms with Gasteiger partial charge in [-0.3, -0.25) is 4.79 Å². The number of benzene rings is 1. The second-order valence-electron chi connectivity index (χ2n) is 3.96.